The third-order valence-electron chi connectivity index (χ3n) is 3.01. The first-order valence-electron chi connectivity index (χ1n) is 5.81. The summed E-state index contributed by atoms with van der Waals surface area (Å²) in [4.78, 5) is 0. The second kappa shape index (κ2) is 5.37. The summed E-state index contributed by atoms with van der Waals surface area (Å²) in [6.45, 7) is 0. The van der Waals surface area contributed by atoms with Gasteiger partial charge in [-0.3, -0.25) is 0 Å². The van der Waals surface area contributed by atoms with Gasteiger partial charge in [0.05, 0.1) is 0 Å². The predicted molar refractivity (Wildman–Crippen MR) is 67.1 cm³/mol. The summed E-state index contributed by atoms with van der Waals surface area (Å²) < 4.78 is 0. The number of hydrogen-bond acceptors (Lipinski definition) is 0. The molecule has 0 unspecified atom stereocenters. The molecule has 0 radical (unpaired) electrons. The van der Waals surface area contributed by atoms with Crippen LogP contribution in [-0.2, 0) is 0 Å². The highest BCUT2D eigenvalue weighted by Gasteiger charge is 2.04. The highest BCUT2D eigenvalue weighted by atomic mass is 35.5. The SMILES string of the molecule is Clc1ccc(/C2=C/CCCCCC2)cc1. The molecular formula is C14H17Cl. The summed E-state index contributed by atoms with van der Waals surface area (Å²) in [7, 11) is 0. The molecule has 2 rings (SSSR count). The first-order valence-corrected chi connectivity index (χ1v) is 6.19. The number of halogens is 1. The first kappa shape index (κ1) is 10.8. The van der Waals surface area contributed by atoms with Gasteiger partial charge in [-0.05, 0) is 49.0 Å². The van der Waals surface area contributed by atoms with E-state index in [1.54, 1.807) is 0 Å². The van der Waals surface area contributed by atoms with Crippen molar-refractivity contribution in [3.05, 3.63) is 40.9 Å². The summed E-state index contributed by atoms with van der Waals surface area (Å²) >= 11 is 5.89. The average molecular weight is 221 g/mol. The van der Waals surface area contributed by atoms with Crippen molar-refractivity contribution in [3.8, 4) is 0 Å². The quantitative estimate of drug-likeness (QED) is 0.619. The fraction of sp³-hybridized carbons (Fsp3) is 0.429. The molecule has 0 heterocycles. The molecule has 0 N–H and O–H groups in total. The van der Waals surface area contributed by atoms with Crippen LogP contribution < -0.4 is 0 Å². The lowest BCUT2D eigenvalue weighted by molar-refractivity contribution is 0.643. The van der Waals surface area contributed by atoms with Crippen LogP contribution in [0.4, 0.5) is 0 Å². The molecule has 0 aliphatic heterocycles. The molecule has 1 aliphatic rings. The second-order valence-corrected chi connectivity index (χ2v) is 4.63. The van der Waals surface area contributed by atoms with Crippen LogP contribution in [0.25, 0.3) is 5.57 Å². The highest BCUT2D eigenvalue weighted by Crippen LogP contribution is 2.26. The van der Waals surface area contributed by atoms with E-state index in [9.17, 15) is 0 Å². The van der Waals surface area contributed by atoms with Crippen LogP contribution in [0.1, 0.15) is 44.1 Å². The van der Waals surface area contributed by atoms with Crippen molar-refractivity contribution in [2.45, 2.75) is 38.5 Å². The molecule has 1 heteroatoms. The average Bonchev–Trinajstić information content (AvgIpc) is 2.19. The summed E-state index contributed by atoms with van der Waals surface area (Å²) in [5.41, 5.74) is 2.85. The van der Waals surface area contributed by atoms with Gasteiger partial charge < -0.3 is 0 Å². The molecule has 80 valence electrons. The maximum absolute atomic E-state index is 5.89. The van der Waals surface area contributed by atoms with Crippen LogP contribution in [0.15, 0.2) is 30.3 Å². The molecule has 0 amide bonds. The summed E-state index contributed by atoms with van der Waals surface area (Å²) in [5, 5.41) is 0.824. The standard InChI is InChI=1S/C14H17Cl/c15-14-10-8-13(9-11-14)12-6-4-2-1-3-5-7-12/h6,8-11H,1-5,7H2/b12-6+. The Morgan fingerprint density at radius 3 is 2.40 bits per heavy atom. The third kappa shape index (κ3) is 3.10. The van der Waals surface area contributed by atoms with Crippen LogP contribution in [0, 0.1) is 0 Å². The minimum absolute atomic E-state index is 0.824. The van der Waals surface area contributed by atoms with Gasteiger partial charge in [0.2, 0.25) is 0 Å². The Labute approximate surface area is 97.0 Å². The zero-order valence-corrected chi connectivity index (χ0v) is 9.76. The van der Waals surface area contributed by atoms with Crippen LogP contribution in [0.3, 0.4) is 0 Å². The molecule has 0 aromatic heterocycles. The molecule has 0 bridgehead atoms. The normalized spacial score (nSPS) is 21.3. The summed E-state index contributed by atoms with van der Waals surface area (Å²) in [6, 6.07) is 8.23. The van der Waals surface area contributed by atoms with Crippen LogP contribution >= 0.6 is 11.6 Å². The van der Waals surface area contributed by atoms with Gasteiger partial charge >= 0.3 is 0 Å². The Morgan fingerprint density at radius 1 is 0.867 bits per heavy atom. The van der Waals surface area contributed by atoms with Crippen molar-refractivity contribution in [3.63, 3.8) is 0 Å². The predicted octanol–water partition coefficient (Wildman–Crippen LogP) is 5.08. The fourth-order valence-electron chi connectivity index (χ4n) is 2.12. The van der Waals surface area contributed by atoms with Crippen molar-refractivity contribution in [2.75, 3.05) is 0 Å². The maximum Gasteiger partial charge on any atom is 0.0406 e. The van der Waals surface area contributed by atoms with E-state index in [1.807, 2.05) is 12.1 Å². The number of benzene rings is 1. The Balaban J connectivity index is 2.16. The van der Waals surface area contributed by atoms with E-state index in [4.69, 9.17) is 11.6 Å². The zero-order valence-electron chi connectivity index (χ0n) is 9.01. The first-order chi connectivity index (χ1) is 7.36. The largest absolute Gasteiger partial charge is 0.0843 e. The van der Waals surface area contributed by atoms with Gasteiger partial charge in [0.1, 0.15) is 0 Å². The van der Waals surface area contributed by atoms with Gasteiger partial charge in [0.25, 0.3) is 0 Å². The van der Waals surface area contributed by atoms with Gasteiger partial charge in [0.15, 0.2) is 0 Å². The van der Waals surface area contributed by atoms with E-state index < -0.39 is 0 Å². The van der Waals surface area contributed by atoms with Crippen LogP contribution in [-0.4, -0.2) is 0 Å². The maximum atomic E-state index is 5.89. The lowest BCUT2D eigenvalue weighted by Gasteiger charge is -2.11. The van der Waals surface area contributed by atoms with Crippen molar-refractivity contribution >= 4 is 17.2 Å². The topological polar surface area (TPSA) is 0 Å². The molecule has 0 atom stereocenters. The molecule has 15 heavy (non-hydrogen) atoms. The molecule has 1 aromatic carbocycles. The Hall–Kier alpha value is -0.750. The van der Waals surface area contributed by atoms with E-state index in [-0.39, 0.29) is 0 Å². The van der Waals surface area contributed by atoms with Crippen molar-refractivity contribution in [1.82, 2.24) is 0 Å². The third-order valence-corrected chi connectivity index (χ3v) is 3.26. The zero-order chi connectivity index (χ0) is 10.5. The monoisotopic (exact) mass is 220 g/mol. The van der Waals surface area contributed by atoms with E-state index in [2.05, 4.69) is 18.2 Å². The van der Waals surface area contributed by atoms with Crippen molar-refractivity contribution in [2.24, 2.45) is 0 Å². The van der Waals surface area contributed by atoms with E-state index in [0.29, 0.717) is 0 Å². The number of allylic oxidation sites excluding steroid dienone is 2. The smallest absolute Gasteiger partial charge is 0.0406 e. The van der Waals surface area contributed by atoms with Gasteiger partial charge in [0, 0.05) is 5.02 Å². The lowest BCUT2D eigenvalue weighted by atomic mass is 9.95. The molecule has 0 spiro atoms. The number of rotatable bonds is 1. The molecule has 0 nitrogen and oxygen atoms in total. The molecule has 0 fully saturated rings. The molecular weight excluding hydrogens is 204 g/mol. The number of hydrogen-bond donors (Lipinski definition) is 0. The van der Waals surface area contributed by atoms with Crippen LogP contribution in [0.5, 0.6) is 0 Å². The Bertz CT molecular complexity index is 335. The second-order valence-electron chi connectivity index (χ2n) is 4.19. The molecule has 1 aromatic rings. The van der Waals surface area contributed by atoms with Crippen LogP contribution in [0.2, 0.25) is 5.02 Å². The van der Waals surface area contributed by atoms with E-state index in [0.717, 1.165) is 5.02 Å². The van der Waals surface area contributed by atoms with Crippen molar-refractivity contribution in [1.29, 1.82) is 0 Å². The van der Waals surface area contributed by atoms with E-state index >= 15 is 0 Å². The van der Waals surface area contributed by atoms with Gasteiger partial charge in [-0.1, -0.05) is 42.7 Å². The Morgan fingerprint density at radius 2 is 1.60 bits per heavy atom. The molecule has 0 saturated carbocycles. The fourth-order valence-corrected chi connectivity index (χ4v) is 2.24. The molecule has 0 saturated heterocycles. The van der Waals surface area contributed by atoms with Crippen molar-refractivity contribution < 1.29 is 0 Å². The van der Waals surface area contributed by atoms with E-state index in [1.165, 1.54) is 49.7 Å². The minimum atomic E-state index is 0.824. The Kier molecular flexibility index (Phi) is 3.85. The minimum Gasteiger partial charge on any atom is -0.0843 e. The lowest BCUT2D eigenvalue weighted by Crippen LogP contribution is -1.90. The van der Waals surface area contributed by atoms with Gasteiger partial charge in [-0.25, -0.2) is 0 Å². The summed E-state index contributed by atoms with van der Waals surface area (Å²) in [5.74, 6) is 0. The van der Waals surface area contributed by atoms with Gasteiger partial charge in [-0.15, -0.1) is 0 Å². The van der Waals surface area contributed by atoms with Gasteiger partial charge in [-0.2, -0.15) is 0 Å². The highest BCUT2D eigenvalue weighted by molar-refractivity contribution is 6.30. The summed E-state index contributed by atoms with van der Waals surface area (Å²) in [6.07, 6.45) is 10.3. The molecule has 1 aliphatic carbocycles.